The van der Waals surface area contributed by atoms with Gasteiger partial charge < -0.3 is 5.73 Å². The summed E-state index contributed by atoms with van der Waals surface area (Å²) >= 11 is 3.16. The van der Waals surface area contributed by atoms with E-state index in [4.69, 9.17) is 5.73 Å². The van der Waals surface area contributed by atoms with Crippen molar-refractivity contribution in [2.75, 3.05) is 0 Å². The molecule has 0 saturated heterocycles. The van der Waals surface area contributed by atoms with Crippen molar-refractivity contribution >= 4 is 15.9 Å². The Morgan fingerprint density at radius 1 is 1.40 bits per heavy atom. The molecular weight excluding hydrogens is 257 g/mol. The molecule has 1 aromatic rings. The Balaban J connectivity index is 2.83. The molecule has 3 heteroatoms. The molecule has 0 radical (unpaired) electrons. The maximum atomic E-state index is 13.0. The van der Waals surface area contributed by atoms with Crippen molar-refractivity contribution in [1.29, 1.82) is 0 Å². The summed E-state index contributed by atoms with van der Waals surface area (Å²) in [5.74, 6) is -0.248. The van der Waals surface area contributed by atoms with Gasteiger partial charge in [0.1, 0.15) is 5.82 Å². The highest BCUT2D eigenvalue weighted by molar-refractivity contribution is 9.10. The molecule has 0 fully saturated rings. The Morgan fingerprint density at radius 2 is 2.00 bits per heavy atom. The molecular formula is C12H17BrFN. The van der Waals surface area contributed by atoms with E-state index in [2.05, 4.69) is 36.7 Å². The summed E-state index contributed by atoms with van der Waals surface area (Å²) in [6.45, 7) is 6.43. The van der Waals surface area contributed by atoms with Gasteiger partial charge in [-0.25, -0.2) is 4.39 Å². The average Bonchev–Trinajstić information content (AvgIpc) is 2.06. The molecule has 1 atom stereocenters. The van der Waals surface area contributed by atoms with E-state index in [1.807, 2.05) is 0 Å². The Morgan fingerprint density at radius 3 is 2.47 bits per heavy atom. The van der Waals surface area contributed by atoms with Gasteiger partial charge in [-0.1, -0.05) is 26.8 Å². The van der Waals surface area contributed by atoms with Gasteiger partial charge in [0.25, 0.3) is 0 Å². The van der Waals surface area contributed by atoms with E-state index in [0.717, 1.165) is 12.0 Å². The predicted octanol–water partition coefficient (Wildman–Crippen LogP) is 4.02. The van der Waals surface area contributed by atoms with E-state index in [0.29, 0.717) is 4.47 Å². The minimum atomic E-state index is -0.248. The van der Waals surface area contributed by atoms with Crippen LogP contribution in [0.25, 0.3) is 0 Å². The third-order valence-electron chi connectivity index (χ3n) is 2.20. The molecule has 0 aliphatic rings. The first-order valence-corrected chi connectivity index (χ1v) is 5.79. The van der Waals surface area contributed by atoms with E-state index in [1.54, 1.807) is 12.1 Å². The van der Waals surface area contributed by atoms with Crippen molar-refractivity contribution in [3.8, 4) is 0 Å². The van der Waals surface area contributed by atoms with Gasteiger partial charge in [-0.15, -0.1) is 0 Å². The van der Waals surface area contributed by atoms with Crippen molar-refractivity contribution in [1.82, 2.24) is 0 Å². The largest absolute Gasteiger partial charge is 0.324 e. The monoisotopic (exact) mass is 273 g/mol. The van der Waals surface area contributed by atoms with Gasteiger partial charge in [-0.3, -0.25) is 0 Å². The summed E-state index contributed by atoms with van der Waals surface area (Å²) < 4.78 is 13.5. The fraction of sp³-hybridized carbons (Fsp3) is 0.500. The SMILES string of the molecule is CC(C)(C)CC(N)c1ccc(F)c(Br)c1. The number of nitrogens with two attached hydrogens (primary N) is 1. The molecule has 0 heterocycles. The molecule has 0 bridgehead atoms. The Bertz CT molecular complexity index is 344. The van der Waals surface area contributed by atoms with Gasteiger partial charge in [0.2, 0.25) is 0 Å². The normalized spacial score (nSPS) is 14.0. The number of hydrogen-bond donors (Lipinski definition) is 1. The zero-order valence-electron chi connectivity index (χ0n) is 9.35. The van der Waals surface area contributed by atoms with Crippen LogP contribution in [0.2, 0.25) is 0 Å². The first-order chi connectivity index (χ1) is 6.79. The molecule has 1 unspecified atom stereocenters. The maximum Gasteiger partial charge on any atom is 0.137 e. The van der Waals surface area contributed by atoms with E-state index in [-0.39, 0.29) is 17.3 Å². The zero-order valence-corrected chi connectivity index (χ0v) is 10.9. The van der Waals surface area contributed by atoms with Gasteiger partial charge in [0.05, 0.1) is 4.47 Å². The number of hydrogen-bond acceptors (Lipinski definition) is 1. The molecule has 84 valence electrons. The van der Waals surface area contributed by atoms with Crippen LogP contribution in [0.5, 0.6) is 0 Å². The third-order valence-corrected chi connectivity index (χ3v) is 2.81. The van der Waals surface area contributed by atoms with Gasteiger partial charge in [-0.2, -0.15) is 0 Å². The lowest BCUT2D eigenvalue weighted by Crippen LogP contribution is -2.18. The summed E-state index contributed by atoms with van der Waals surface area (Å²) in [7, 11) is 0. The lowest BCUT2D eigenvalue weighted by Gasteiger charge is -2.23. The smallest absolute Gasteiger partial charge is 0.137 e. The predicted molar refractivity (Wildman–Crippen MR) is 65.1 cm³/mol. The minimum Gasteiger partial charge on any atom is -0.324 e. The molecule has 2 N–H and O–H groups in total. The van der Waals surface area contributed by atoms with Crippen LogP contribution in [-0.4, -0.2) is 0 Å². The van der Waals surface area contributed by atoms with Crippen molar-refractivity contribution in [2.24, 2.45) is 11.1 Å². The van der Waals surface area contributed by atoms with Crippen LogP contribution >= 0.6 is 15.9 Å². The second-order valence-electron chi connectivity index (χ2n) is 5.04. The number of halogens is 2. The highest BCUT2D eigenvalue weighted by Gasteiger charge is 2.17. The van der Waals surface area contributed by atoms with Crippen LogP contribution in [-0.2, 0) is 0 Å². The third kappa shape index (κ3) is 3.92. The Hall–Kier alpha value is -0.410. The lowest BCUT2D eigenvalue weighted by atomic mass is 9.86. The van der Waals surface area contributed by atoms with E-state index >= 15 is 0 Å². The summed E-state index contributed by atoms with van der Waals surface area (Å²) in [5.41, 5.74) is 7.21. The summed E-state index contributed by atoms with van der Waals surface area (Å²) in [6.07, 6.45) is 0.880. The summed E-state index contributed by atoms with van der Waals surface area (Å²) in [6, 6.07) is 4.91. The Kier molecular flexibility index (Phi) is 3.90. The fourth-order valence-electron chi connectivity index (χ4n) is 1.52. The molecule has 0 aliphatic heterocycles. The molecule has 1 rings (SSSR count). The first-order valence-electron chi connectivity index (χ1n) is 5.00. The Labute approximate surface area is 99.0 Å². The van der Waals surface area contributed by atoms with Gasteiger partial charge in [0, 0.05) is 6.04 Å². The topological polar surface area (TPSA) is 26.0 Å². The number of benzene rings is 1. The standard InChI is InChI=1S/C12H17BrFN/c1-12(2,3)7-11(15)8-4-5-10(14)9(13)6-8/h4-6,11H,7,15H2,1-3H3. The van der Waals surface area contributed by atoms with Crippen molar-refractivity contribution < 1.29 is 4.39 Å². The van der Waals surface area contributed by atoms with Crippen LogP contribution in [0.15, 0.2) is 22.7 Å². The molecule has 0 amide bonds. The van der Waals surface area contributed by atoms with Crippen LogP contribution in [0.4, 0.5) is 4.39 Å². The van der Waals surface area contributed by atoms with Gasteiger partial charge in [-0.05, 0) is 45.5 Å². The van der Waals surface area contributed by atoms with Crippen molar-refractivity contribution in [2.45, 2.75) is 33.2 Å². The van der Waals surface area contributed by atoms with Gasteiger partial charge in [0.15, 0.2) is 0 Å². The van der Waals surface area contributed by atoms with Gasteiger partial charge >= 0.3 is 0 Å². The van der Waals surface area contributed by atoms with Crippen LogP contribution < -0.4 is 5.73 Å². The molecule has 0 spiro atoms. The molecule has 0 aliphatic carbocycles. The fourth-order valence-corrected chi connectivity index (χ4v) is 1.92. The minimum absolute atomic E-state index is 0.0399. The summed E-state index contributed by atoms with van der Waals surface area (Å²) in [5, 5.41) is 0. The van der Waals surface area contributed by atoms with Crippen LogP contribution in [0, 0.1) is 11.2 Å². The molecule has 0 aromatic heterocycles. The molecule has 1 aromatic carbocycles. The van der Waals surface area contributed by atoms with Crippen molar-refractivity contribution in [3.05, 3.63) is 34.1 Å². The average molecular weight is 274 g/mol. The van der Waals surface area contributed by atoms with E-state index < -0.39 is 0 Å². The first kappa shape index (κ1) is 12.7. The number of rotatable bonds is 2. The highest BCUT2D eigenvalue weighted by atomic mass is 79.9. The zero-order chi connectivity index (χ0) is 11.6. The van der Waals surface area contributed by atoms with Crippen molar-refractivity contribution in [3.63, 3.8) is 0 Å². The van der Waals surface area contributed by atoms with Crippen LogP contribution in [0.3, 0.4) is 0 Å². The molecule has 15 heavy (non-hydrogen) atoms. The van der Waals surface area contributed by atoms with E-state index in [1.165, 1.54) is 6.07 Å². The van der Waals surface area contributed by atoms with Crippen LogP contribution in [0.1, 0.15) is 38.8 Å². The second kappa shape index (κ2) is 4.62. The molecule has 0 saturated carbocycles. The maximum absolute atomic E-state index is 13.0. The lowest BCUT2D eigenvalue weighted by molar-refractivity contribution is 0.342. The quantitative estimate of drug-likeness (QED) is 0.865. The molecule has 1 nitrogen and oxygen atoms in total. The second-order valence-corrected chi connectivity index (χ2v) is 5.90. The van der Waals surface area contributed by atoms with E-state index in [9.17, 15) is 4.39 Å². The summed E-state index contributed by atoms with van der Waals surface area (Å²) in [4.78, 5) is 0. The highest BCUT2D eigenvalue weighted by Crippen LogP contribution is 2.29.